The zero-order chi connectivity index (χ0) is 26.3. The molecule has 2 aromatic rings. The van der Waals surface area contributed by atoms with E-state index in [0.717, 1.165) is 76.0 Å². The van der Waals surface area contributed by atoms with Crippen molar-refractivity contribution in [2.24, 2.45) is 10.9 Å². The van der Waals surface area contributed by atoms with Gasteiger partial charge in [0.15, 0.2) is 5.54 Å². The minimum absolute atomic E-state index is 0.0715. The maximum absolute atomic E-state index is 14.1. The summed E-state index contributed by atoms with van der Waals surface area (Å²) in [7, 11) is 0. The van der Waals surface area contributed by atoms with E-state index < -0.39 is 5.54 Å². The van der Waals surface area contributed by atoms with Crippen LogP contribution in [-0.2, 0) is 10.3 Å². The molecule has 5 nitrogen and oxygen atoms in total. The Kier molecular flexibility index (Phi) is 9.47. The molecule has 2 aliphatic rings. The minimum Gasteiger partial charge on any atom is -0.303 e. The first kappa shape index (κ1) is 27.4. The molecule has 2 atom stereocenters. The van der Waals surface area contributed by atoms with Crippen molar-refractivity contribution < 1.29 is 9.18 Å². The average Bonchev–Trinajstić information content (AvgIpc) is 3.19. The van der Waals surface area contributed by atoms with Crippen LogP contribution < -0.4 is 0 Å². The summed E-state index contributed by atoms with van der Waals surface area (Å²) in [5.74, 6) is 1.77. The summed E-state index contributed by atoms with van der Waals surface area (Å²) in [4.78, 5) is 27.9. The normalized spacial score (nSPS) is 21.9. The number of hydrogen-bond acceptors (Lipinski definition) is 4. The topological polar surface area (TPSA) is 48.8 Å². The number of likely N-dealkylation sites (tertiary alicyclic amines) is 1. The number of pyridine rings is 1. The number of unbranched alkanes of at least 4 members (excludes halogenated alkanes) is 1. The van der Waals surface area contributed by atoms with Gasteiger partial charge in [0.25, 0.3) is 5.91 Å². The highest BCUT2D eigenvalue weighted by atomic mass is 19.1. The van der Waals surface area contributed by atoms with Crippen molar-refractivity contribution in [3.8, 4) is 0 Å². The number of aromatic nitrogens is 1. The lowest BCUT2D eigenvalue weighted by Crippen LogP contribution is -2.43. The fourth-order valence-electron chi connectivity index (χ4n) is 5.74. The number of carbonyl (C=O) groups excluding carboxylic acids is 1. The maximum atomic E-state index is 14.1. The number of amidine groups is 1. The smallest absolute Gasteiger partial charge is 0.260 e. The lowest BCUT2D eigenvalue weighted by Gasteiger charge is -2.33. The quantitative estimate of drug-likeness (QED) is 0.328. The van der Waals surface area contributed by atoms with Gasteiger partial charge >= 0.3 is 0 Å². The molecule has 0 bridgehead atoms. The average molecular weight is 507 g/mol. The van der Waals surface area contributed by atoms with Crippen molar-refractivity contribution in [3.05, 3.63) is 65.7 Å². The number of halogens is 1. The van der Waals surface area contributed by atoms with E-state index in [9.17, 15) is 9.18 Å². The third-order valence-corrected chi connectivity index (χ3v) is 8.29. The van der Waals surface area contributed by atoms with E-state index in [1.165, 1.54) is 17.7 Å². The number of nitrogens with zero attached hydrogens (tertiary/aromatic N) is 4. The van der Waals surface area contributed by atoms with Crippen LogP contribution in [0.4, 0.5) is 4.39 Å². The summed E-state index contributed by atoms with van der Waals surface area (Å²) in [5.41, 5.74) is 1.29. The molecular formula is C31H43FN4O. The molecular weight excluding hydrogens is 463 g/mol. The SMILES string of the molecule is CCCCC1(c2ccc(F)cc2)N=C(CC(C)CC)N(CCCN2CCC(c3ccncc3)CC2)C1=O. The summed E-state index contributed by atoms with van der Waals surface area (Å²) < 4.78 is 13.7. The van der Waals surface area contributed by atoms with Gasteiger partial charge in [0, 0.05) is 25.4 Å². The fourth-order valence-corrected chi connectivity index (χ4v) is 5.74. The molecule has 1 aromatic carbocycles. The molecule has 0 saturated carbocycles. The van der Waals surface area contributed by atoms with Crippen molar-refractivity contribution in [1.29, 1.82) is 0 Å². The number of hydrogen-bond donors (Lipinski definition) is 0. The van der Waals surface area contributed by atoms with Crippen LogP contribution in [0.3, 0.4) is 0 Å². The lowest BCUT2D eigenvalue weighted by atomic mass is 9.85. The molecule has 2 unspecified atom stereocenters. The Morgan fingerprint density at radius 1 is 1.03 bits per heavy atom. The highest BCUT2D eigenvalue weighted by Crippen LogP contribution is 2.40. The molecule has 1 saturated heterocycles. The number of amides is 1. The number of piperidine rings is 1. The van der Waals surface area contributed by atoms with Gasteiger partial charge in [0.1, 0.15) is 11.7 Å². The largest absolute Gasteiger partial charge is 0.303 e. The predicted molar refractivity (Wildman–Crippen MR) is 148 cm³/mol. The molecule has 1 amide bonds. The Morgan fingerprint density at radius 2 is 1.73 bits per heavy atom. The van der Waals surface area contributed by atoms with E-state index in [1.807, 2.05) is 17.3 Å². The second kappa shape index (κ2) is 12.8. The van der Waals surface area contributed by atoms with E-state index in [-0.39, 0.29) is 11.7 Å². The zero-order valence-corrected chi connectivity index (χ0v) is 22.8. The second-order valence-electron chi connectivity index (χ2n) is 10.9. The first-order valence-corrected chi connectivity index (χ1v) is 14.3. The predicted octanol–water partition coefficient (Wildman–Crippen LogP) is 6.55. The third-order valence-electron chi connectivity index (χ3n) is 8.29. The molecule has 3 heterocycles. The van der Waals surface area contributed by atoms with E-state index >= 15 is 0 Å². The van der Waals surface area contributed by atoms with Crippen molar-refractivity contribution in [2.75, 3.05) is 26.2 Å². The summed E-state index contributed by atoms with van der Waals surface area (Å²) in [6, 6.07) is 10.7. The molecule has 37 heavy (non-hydrogen) atoms. The molecule has 0 spiro atoms. The molecule has 4 rings (SSSR count). The van der Waals surface area contributed by atoms with Crippen LogP contribution in [0.15, 0.2) is 53.8 Å². The van der Waals surface area contributed by atoms with E-state index in [1.54, 1.807) is 12.1 Å². The van der Waals surface area contributed by atoms with Gasteiger partial charge in [-0.3, -0.25) is 19.7 Å². The Morgan fingerprint density at radius 3 is 2.38 bits per heavy atom. The molecule has 200 valence electrons. The van der Waals surface area contributed by atoms with Crippen molar-refractivity contribution in [1.82, 2.24) is 14.8 Å². The summed E-state index contributed by atoms with van der Waals surface area (Å²) in [6.45, 7) is 10.4. The van der Waals surface area contributed by atoms with Crippen LogP contribution in [0.25, 0.3) is 0 Å². The molecule has 0 radical (unpaired) electrons. The number of rotatable bonds is 12. The summed E-state index contributed by atoms with van der Waals surface area (Å²) >= 11 is 0. The Balaban J connectivity index is 1.43. The second-order valence-corrected chi connectivity index (χ2v) is 10.9. The van der Waals surface area contributed by atoms with Crippen LogP contribution in [0, 0.1) is 11.7 Å². The first-order valence-electron chi connectivity index (χ1n) is 14.3. The maximum Gasteiger partial charge on any atom is 0.260 e. The van der Waals surface area contributed by atoms with E-state index in [0.29, 0.717) is 24.8 Å². The number of carbonyl (C=O) groups is 1. The van der Waals surface area contributed by atoms with Gasteiger partial charge in [-0.25, -0.2) is 4.39 Å². The Hall–Kier alpha value is -2.60. The van der Waals surface area contributed by atoms with Crippen LogP contribution >= 0.6 is 0 Å². The van der Waals surface area contributed by atoms with Crippen LogP contribution in [-0.4, -0.2) is 52.7 Å². The minimum atomic E-state index is -0.921. The first-order chi connectivity index (χ1) is 18.0. The van der Waals surface area contributed by atoms with Gasteiger partial charge in [-0.2, -0.15) is 0 Å². The monoisotopic (exact) mass is 506 g/mol. The van der Waals surface area contributed by atoms with Crippen LogP contribution in [0.1, 0.15) is 89.2 Å². The number of benzene rings is 1. The molecule has 6 heteroatoms. The van der Waals surface area contributed by atoms with E-state index in [2.05, 4.69) is 42.8 Å². The standard InChI is InChI=1S/C31H43FN4O/c1-4-6-16-31(27-8-10-28(32)11-9-27)30(37)36(29(34-31)23-24(3)5-2)20-7-19-35-21-14-26(15-22-35)25-12-17-33-18-13-25/h8-13,17-18,24,26H,4-7,14-16,19-23H2,1-3H3. The Bertz CT molecular complexity index is 1030. The highest BCUT2D eigenvalue weighted by Gasteiger charge is 2.48. The molecule has 0 aliphatic carbocycles. The van der Waals surface area contributed by atoms with Gasteiger partial charge in [-0.1, -0.05) is 52.2 Å². The molecule has 2 aliphatic heterocycles. The Labute approximate surface area is 222 Å². The van der Waals surface area contributed by atoms with Gasteiger partial charge < -0.3 is 4.90 Å². The van der Waals surface area contributed by atoms with Crippen molar-refractivity contribution in [2.45, 2.75) is 83.6 Å². The summed E-state index contributed by atoms with van der Waals surface area (Å²) in [5, 5.41) is 0. The van der Waals surface area contributed by atoms with Crippen molar-refractivity contribution in [3.63, 3.8) is 0 Å². The van der Waals surface area contributed by atoms with Gasteiger partial charge in [0.05, 0.1) is 0 Å². The lowest BCUT2D eigenvalue weighted by molar-refractivity contribution is -0.132. The molecule has 1 fully saturated rings. The third kappa shape index (κ3) is 6.46. The zero-order valence-electron chi connectivity index (χ0n) is 22.8. The van der Waals surface area contributed by atoms with E-state index in [4.69, 9.17) is 4.99 Å². The van der Waals surface area contributed by atoms with Gasteiger partial charge in [0.2, 0.25) is 0 Å². The molecule has 0 N–H and O–H groups in total. The van der Waals surface area contributed by atoms with Crippen LogP contribution in [0.2, 0.25) is 0 Å². The highest BCUT2D eigenvalue weighted by molar-refractivity contribution is 6.08. The summed E-state index contributed by atoms with van der Waals surface area (Å²) in [6.07, 6.45) is 11.4. The number of aliphatic imine (C=N–C) groups is 1. The van der Waals surface area contributed by atoms with Gasteiger partial charge in [-0.15, -0.1) is 0 Å². The molecule has 1 aromatic heterocycles. The van der Waals surface area contributed by atoms with Crippen LogP contribution in [0.5, 0.6) is 0 Å². The fraction of sp³-hybridized carbons (Fsp3) is 0.581. The van der Waals surface area contributed by atoms with Gasteiger partial charge in [-0.05, 0) is 92.5 Å². The van der Waals surface area contributed by atoms with Crippen molar-refractivity contribution >= 4 is 11.7 Å².